The molecule has 86 valence electrons. The molecular weight excluding hydrogens is 202 g/mol. The third-order valence-electron chi connectivity index (χ3n) is 3.33. The summed E-state index contributed by atoms with van der Waals surface area (Å²) in [6.07, 6.45) is 2.12. The summed E-state index contributed by atoms with van der Waals surface area (Å²) in [5.41, 5.74) is 12.6. The summed E-state index contributed by atoms with van der Waals surface area (Å²) >= 11 is 0. The van der Waals surface area contributed by atoms with Crippen LogP contribution in [0.2, 0.25) is 0 Å². The van der Waals surface area contributed by atoms with Gasteiger partial charge in [-0.3, -0.25) is 0 Å². The molecular formula is C11H17N5. The first-order valence-electron chi connectivity index (χ1n) is 5.52. The van der Waals surface area contributed by atoms with Gasteiger partial charge < -0.3 is 5.73 Å². The van der Waals surface area contributed by atoms with E-state index in [1.54, 1.807) is 0 Å². The Hall–Kier alpha value is -1.46. The van der Waals surface area contributed by atoms with Gasteiger partial charge in [0.25, 0.3) is 0 Å². The molecule has 0 bridgehead atoms. The van der Waals surface area contributed by atoms with Gasteiger partial charge in [-0.2, -0.15) is 5.01 Å². The Kier molecular flexibility index (Phi) is 2.15. The lowest BCUT2D eigenvalue weighted by Crippen LogP contribution is -2.27. The maximum Gasteiger partial charge on any atom is 0.168 e. The summed E-state index contributed by atoms with van der Waals surface area (Å²) in [4.78, 5) is 0. The van der Waals surface area contributed by atoms with Gasteiger partial charge in [-0.25, -0.2) is 5.53 Å². The van der Waals surface area contributed by atoms with Crippen molar-refractivity contribution in [3.8, 4) is 0 Å². The average molecular weight is 219 g/mol. The van der Waals surface area contributed by atoms with Crippen molar-refractivity contribution in [2.24, 2.45) is 16.1 Å². The molecule has 1 aromatic carbocycles. The van der Waals surface area contributed by atoms with E-state index in [1.807, 2.05) is 12.1 Å². The monoisotopic (exact) mass is 219 g/mol. The fourth-order valence-corrected chi connectivity index (χ4v) is 2.40. The van der Waals surface area contributed by atoms with Gasteiger partial charge in [0.2, 0.25) is 0 Å². The topological polar surface area (TPSA) is 66.0 Å². The van der Waals surface area contributed by atoms with Crippen LogP contribution >= 0.6 is 0 Å². The van der Waals surface area contributed by atoms with E-state index in [4.69, 9.17) is 5.73 Å². The van der Waals surface area contributed by atoms with Crippen LogP contribution in [0.5, 0.6) is 0 Å². The first-order chi connectivity index (χ1) is 7.75. The normalized spacial score (nSPS) is 28.1. The number of benzene rings is 1. The van der Waals surface area contributed by atoms with E-state index in [2.05, 4.69) is 34.1 Å². The lowest BCUT2D eigenvalue weighted by molar-refractivity contribution is 0.222. The summed E-state index contributed by atoms with van der Waals surface area (Å²) in [6, 6.07) is 6.64. The average Bonchev–Trinajstić information content (AvgIpc) is 2.86. The van der Waals surface area contributed by atoms with Crippen molar-refractivity contribution < 1.29 is 1.43 Å². The van der Waals surface area contributed by atoms with Crippen LogP contribution in [0.3, 0.4) is 0 Å². The summed E-state index contributed by atoms with van der Waals surface area (Å²) in [7, 11) is 1.93. The number of aryl methyl sites for hydroxylation is 1. The molecule has 0 radical (unpaired) electrons. The zero-order valence-corrected chi connectivity index (χ0v) is 9.22. The Labute approximate surface area is 95.8 Å². The summed E-state index contributed by atoms with van der Waals surface area (Å²) in [5.74, 6) is 0. The van der Waals surface area contributed by atoms with Crippen molar-refractivity contribution in [2.45, 2.75) is 25.0 Å². The number of nitrogens with one attached hydrogen (secondary N) is 1. The first-order valence-corrected chi connectivity index (χ1v) is 5.52. The van der Waals surface area contributed by atoms with Crippen LogP contribution in [0.25, 0.3) is 0 Å². The van der Waals surface area contributed by atoms with Crippen molar-refractivity contribution in [3.63, 3.8) is 0 Å². The summed E-state index contributed by atoms with van der Waals surface area (Å²) in [6.45, 7) is 0. The zero-order valence-electron chi connectivity index (χ0n) is 9.22. The van der Waals surface area contributed by atoms with E-state index < -0.39 is 0 Å². The first kappa shape index (κ1) is 9.74. The molecule has 0 fully saturated rings. The lowest BCUT2D eigenvalue weighted by Gasteiger charge is -2.16. The fraction of sp³-hybridized carbons (Fsp3) is 0.455. The molecule has 0 saturated heterocycles. The molecule has 3 N–H and O–H groups in total. The highest BCUT2D eigenvalue weighted by Gasteiger charge is 2.24. The molecule has 5 heteroatoms. The molecule has 0 saturated carbocycles. The van der Waals surface area contributed by atoms with Gasteiger partial charge in [-0.1, -0.05) is 23.4 Å². The molecule has 1 heterocycles. The number of nitrogens with two attached hydrogens (primary N) is 1. The van der Waals surface area contributed by atoms with Crippen LogP contribution in [-0.2, 0) is 6.42 Å². The van der Waals surface area contributed by atoms with Gasteiger partial charge in [0, 0.05) is 14.5 Å². The highest BCUT2D eigenvalue weighted by atomic mass is 15.8. The largest absolute Gasteiger partial charge is 0.324 e. The molecule has 1 aliphatic heterocycles. The molecule has 1 unspecified atom stereocenters. The van der Waals surface area contributed by atoms with Crippen molar-refractivity contribution >= 4 is 0 Å². The van der Waals surface area contributed by atoms with E-state index in [0.29, 0.717) is 0 Å². The molecule has 2 aliphatic rings. The number of nitrogens with zero attached hydrogens (tertiary/aromatic N) is 3. The maximum atomic E-state index is 6.01. The highest BCUT2D eigenvalue weighted by molar-refractivity contribution is 5.38. The minimum atomic E-state index is -0.0119. The summed E-state index contributed by atoms with van der Waals surface area (Å²) in [5, 5.41) is 9.83. The Morgan fingerprint density at radius 2 is 2.44 bits per heavy atom. The van der Waals surface area contributed by atoms with Crippen LogP contribution in [-0.4, -0.2) is 12.1 Å². The number of hydrazine groups is 1. The van der Waals surface area contributed by atoms with E-state index in [0.717, 1.165) is 12.8 Å². The van der Waals surface area contributed by atoms with Gasteiger partial charge >= 0.3 is 0 Å². The Balaban J connectivity index is 0.00000108. The van der Waals surface area contributed by atoms with E-state index in [-0.39, 0.29) is 13.6 Å². The Bertz CT molecular complexity index is 447. The maximum absolute atomic E-state index is 6.01. The molecule has 3 rings (SSSR count). The molecule has 5 nitrogen and oxygen atoms in total. The predicted octanol–water partition coefficient (Wildman–Crippen LogP) is 1.69. The second-order valence-corrected chi connectivity index (χ2v) is 4.40. The van der Waals surface area contributed by atoms with Crippen LogP contribution < -0.4 is 11.3 Å². The molecule has 16 heavy (non-hydrogen) atoms. The number of hydrogen-bond donors (Lipinski definition) is 2. The number of rotatable bonds is 1. The van der Waals surface area contributed by atoms with Crippen molar-refractivity contribution in [1.29, 1.82) is 0 Å². The molecule has 0 amide bonds. The van der Waals surface area contributed by atoms with Crippen LogP contribution in [0, 0.1) is 0 Å². The summed E-state index contributed by atoms with van der Waals surface area (Å²) < 4.78 is 0. The molecule has 1 aromatic rings. The highest BCUT2D eigenvalue weighted by Crippen LogP contribution is 2.33. The third-order valence-corrected chi connectivity index (χ3v) is 3.33. The van der Waals surface area contributed by atoms with Crippen LogP contribution in [0.4, 0.5) is 0 Å². The van der Waals surface area contributed by atoms with Crippen molar-refractivity contribution in [2.75, 3.05) is 7.05 Å². The van der Waals surface area contributed by atoms with E-state index >= 15 is 0 Å². The Morgan fingerprint density at radius 3 is 3.19 bits per heavy atom. The molecule has 0 aromatic heterocycles. The zero-order chi connectivity index (χ0) is 11.1. The quantitative estimate of drug-likeness (QED) is 0.755. The van der Waals surface area contributed by atoms with Gasteiger partial charge in [0.1, 0.15) is 0 Å². The number of hydrogen-bond acceptors (Lipinski definition) is 5. The second kappa shape index (κ2) is 3.54. The third kappa shape index (κ3) is 1.40. The second-order valence-electron chi connectivity index (χ2n) is 4.40. The smallest absolute Gasteiger partial charge is 0.168 e. The SMILES string of the molecule is CN1NN=NC1c1ccc2c(c1)CC[C@H]2N.[HH]. The van der Waals surface area contributed by atoms with Gasteiger partial charge in [0.15, 0.2) is 6.17 Å². The van der Waals surface area contributed by atoms with E-state index in [1.165, 1.54) is 16.7 Å². The fourth-order valence-electron chi connectivity index (χ4n) is 2.40. The van der Waals surface area contributed by atoms with Gasteiger partial charge in [-0.15, -0.1) is 5.11 Å². The van der Waals surface area contributed by atoms with Crippen molar-refractivity contribution in [1.82, 2.24) is 10.5 Å². The molecule has 1 aliphatic carbocycles. The van der Waals surface area contributed by atoms with Gasteiger partial charge in [-0.05, 0) is 29.5 Å². The van der Waals surface area contributed by atoms with Crippen molar-refractivity contribution in [3.05, 3.63) is 34.9 Å². The lowest BCUT2D eigenvalue weighted by atomic mass is 10.0. The predicted molar refractivity (Wildman–Crippen MR) is 62.3 cm³/mol. The van der Waals surface area contributed by atoms with Crippen LogP contribution in [0.15, 0.2) is 28.5 Å². The standard InChI is InChI=1S/C11H15N5.H2/c1-16-11(13-14-15-16)8-2-4-9-7(6-8)3-5-10(9)12;/h2,4,6,10-11H,3,5,12H2,1H3,(H,13,15);1H/t10-,11?;/m1./s1. The molecule has 2 atom stereocenters. The van der Waals surface area contributed by atoms with Crippen LogP contribution in [0.1, 0.15) is 36.7 Å². The minimum Gasteiger partial charge on any atom is -0.324 e. The van der Waals surface area contributed by atoms with Gasteiger partial charge in [0.05, 0.1) is 0 Å². The Morgan fingerprint density at radius 1 is 1.56 bits per heavy atom. The molecule has 0 spiro atoms. The minimum absolute atomic E-state index is 0. The number of fused-ring (bicyclic) bond motifs is 1. The van der Waals surface area contributed by atoms with E-state index in [9.17, 15) is 0 Å².